The molecule has 3 rings (SSSR count). The predicted molar refractivity (Wildman–Crippen MR) is 99.4 cm³/mol. The lowest BCUT2D eigenvalue weighted by Gasteiger charge is -2.12. The van der Waals surface area contributed by atoms with Crippen molar-refractivity contribution in [2.45, 2.75) is 25.4 Å². The lowest BCUT2D eigenvalue weighted by atomic mass is 10.1. The molecule has 0 fully saturated rings. The highest BCUT2D eigenvalue weighted by atomic mass is 32.2. The number of imidazole rings is 1. The highest BCUT2D eigenvalue weighted by Crippen LogP contribution is 2.22. The van der Waals surface area contributed by atoms with Gasteiger partial charge in [0.05, 0.1) is 12.8 Å². The molecule has 24 heavy (non-hydrogen) atoms. The summed E-state index contributed by atoms with van der Waals surface area (Å²) in [5, 5.41) is 4.05. The molecule has 5 heteroatoms. The average molecular weight is 340 g/mol. The van der Waals surface area contributed by atoms with E-state index in [0.717, 1.165) is 33.9 Å². The van der Waals surface area contributed by atoms with E-state index in [1.165, 1.54) is 17.3 Å². The lowest BCUT2D eigenvalue weighted by Crippen LogP contribution is -2.29. The third kappa shape index (κ3) is 3.31. The fourth-order valence-corrected chi connectivity index (χ4v) is 3.64. The molecule has 1 aromatic heterocycles. The van der Waals surface area contributed by atoms with Gasteiger partial charge in [-0.25, -0.2) is 9.55 Å². The smallest absolute Gasteiger partial charge is 0.317 e. The molecule has 1 amide bonds. The van der Waals surface area contributed by atoms with Crippen molar-refractivity contribution in [3.8, 4) is 0 Å². The maximum Gasteiger partial charge on any atom is 0.317 e. The number of fused-ring (bicyclic) bond motifs is 1. The van der Waals surface area contributed by atoms with Crippen LogP contribution < -0.4 is 9.88 Å². The van der Waals surface area contributed by atoms with Gasteiger partial charge in [-0.15, -0.1) is 0 Å². The number of hydrogen-bond donors (Lipinski definition) is 2. The summed E-state index contributed by atoms with van der Waals surface area (Å²) in [4.78, 5) is 15.7. The van der Waals surface area contributed by atoms with Crippen LogP contribution in [0.4, 0.5) is 5.69 Å². The van der Waals surface area contributed by atoms with E-state index >= 15 is 0 Å². The van der Waals surface area contributed by atoms with Gasteiger partial charge >= 0.3 is 5.16 Å². The number of anilines is 1. The van der Waals surface area contributed by atoms with Crippen LogP contribution in [-0.4, -0.2) is 16.6 Å². The van der Waals surface area contributed by atoms with Crippen LogP contribution in [0, 0.1) is 6.92 Å². The Morgan fingerprint density at radius 3 is 2.75 bits per heavy atom. The summed E-state index contributed by atoms with van der Waals surface area (Å²) in [6.45, 7) is 4.13. The van der Waals surface area contributed by atoms with Gasteiger partial charge in [0.2, 0.25) is 5.91 Å². The van der Waals surface area contributed by atoms with Crippen LogP contribution in [0.1, 0.15) is 18.1 Å². The summed E-state index contributed by atoms with van der Waals surface area (Å²) in [6.07, 6.45) is 0.904. The fraction of sp³-hybridized carbons (Fsp3) is 0.263. The van der Waals surface area contributed by atoms with Crippen molar-refractivity contribution in [1.82, 2.24) is 4.98 Å². The number of carbonyl (C=O) groups is 1. The Balaban J connectivity index is 1.71. The number of aromatic amines is 1. The zero-order valence-corrected chi connectivity index (χ0v) is 15.0. The minimum atomic E-state index is 0.0163. The summed E-state index contributed by atoms with van der Waals surface area (Å²) >= 11 is 1.51. The minimum absolute atomic E-state index is 0.0163. The van der Waals surface area contributed by atoms with Crippen LogP contribution in [0.25, 0.3) is 11.0 Å². The largest absolute Gasteiger partial charge is 0.325 e. The number of H-pyrrole nitrogens is 1. The minimum Gasteiger partial charge on any atom is -0.325 e. The van der Waals surface area contributed by atoms with E-state index in [-0.39, 0.29) is 5.91 Å². The molecule has 3 aromatic rings. The second-order valence-electron chi connectivity index (χ2n) is 5.81. The molecule has 0 unspecified atom stereocenters. The van der Waals surface area contributed by atoms with Gasteiger partial charge in [0.1, 0.15) is 0 Å². The number of aromatic nitrogens is 2. The number of amides is 1. The number of nitrogens with zero attached hydrogens (tertiary/aromatic N) is 1. The molecule has 0 saturated heterocycles. The Bertz CT molecular complexity index is 885. The fourth-order valence-electron chi connectivity index (χ4n) is 2.82. The number of thioether (sulfide) groups is 1. The normalized spacial score (nSPS) is 11.0. The molecule has 4 nitrogen and oxygen atoms in total. The van der Waals surface area contributed by atoms with Gasteiger partial charge in [0, 0.05) is 5.69 Å². The van der Waals surface area contributed by atoms with Crippen LogP contribution >= 0.6 is 11.8 Å². The molecular formula is C19H22N3OS+. The van der Waals surface area contributed by atoms with E-state index < -0.39 is 0 Å². The van der Waals surface area contributed by atoms with Gasteiger partial charge < -0.3 is 5.32 Å². The van der Waals surface area contributed by atoms with E-state index in [9.17, 15) is 4.79 Å². The van der Waals surface area contributed by atoms with Crippen LogP contribution in [0.5, 0.6) is 0 Å². The third-order valence-electron chi connectivity index (χ3n) is 4.16. The molecule has 0 atom stereocenters. The van der Waals surface area contributed by atoms with E-state index in [2.05, 4.69) is 33.9 Å². The van der Waals surface area contributed by atoms with Gasteiger partial charge in [-0.3, -0.25) is 4.79 Å². The molecule has 0 saturated carbocycles. The Morgan fingerprint density at radius 2 is 2.00 bits per heavy atom. The first-order valence-corrected chi connectivity index (χ1v) is 9.06. The quantitative estimate of drug-likeness (QED) is 0.551. The van der Waals surface area contributed by atoms with E-state index in [1.807, 2.05) is 44.3 Å². The van der Waals surface area contributed by atoms with Gasteiger partial charge in [0.15, 0.2) is 11.0 Å². The molecule has 2 N–H and O–H groups in total. The van der Waals surface area contributed by atoms with Crippen molar-refractivity contribution in [2.24, 2.45) is 7.05 Å². The number of nitrogens with one attached hydrogen (secondary N) is 2. The highest BCUT2D eigenvalue weighted by molar-refractivity contribution is 7.99. The monoisotopic (exact) mass is 340 g/mol. The number of rotatable bonds is 5. The first-order chi connectivity index (χ1) is 11.6. The number of benzene rings is 2. The van der Waals surface area contributed by atoms with Crippen molar-refractivity contribution in [3.05, 3.63) is 53.6 Å². The molecule has 0 bridgehead atoms. The Morgan fingerprint density at radius 1 is 1.21 bits per heavy atom. The first kappa shape index (κ1) is 16.6. The van der Waals surface area contributed by atoms with Crippen LogP contribution in [0.15, 0.2) is 47.6 Å². The summed E-state index contributed by atoms with van der Waals surface area (Å²) in [7, 11) is 2.01. The number of carbonyl (C=O) groups excluding carboxylic acids is 1. The summed E-state index contributed by atoms with van der Waals surface area (Å²) < 4.78 is 2.08. The second-order valence-corrected chi connectivity index (χ2v) is 6.77. The van der Waals surface area contributed by atoms with Gasteiger partial charge in [0.25, 0.3) is 0 Å². The maximum atomic E-state index is 12.4. The highest BCUT2D eigenvalue weighted by Gasteiger charge is 2.17. The molecular weight excluding hydrogens is 318 g/mol. The van der Waals surface area contributed by atoms with E-state index in [4.69, 9.17) is 0 Å². The lowest BCUT2D eigenvalue weighted by molar-refractivity contribution is -0.683. The zero-order chi connectivity index (χ0) is 17.1. The van der Waals surface area contributed by atoms with Crippen molar-refractivity contribution in [2.75, 3.05) is 11.1 Å². The summed E-state index contributed by atoms with van der Waals surface area (Å²) in [5.74, 6) is 0.390. The predicted octanol–water partition coefficient (Wildman–Crippen LogP) is 3.59. The first-order valence-electron chi connectivity index (χ1n) is 8.08. The average Bonchev–Trinajstić information content (AvgIpc) is 2.91. The van der Waals surface area contributed by atoms with Crippen LogP contribution in [-0.2, 0) is 18.3 Å². The van der Waals surface area contributed by atoms with Crippen molar-refractivity contribution >= 4 is 34.4 Å². The molecule has 0 radical (unpaired) electrons. The number of aryl methyl sites for hydroxylation is 3. The van der Waals surface area contributed by atoms with Gasteiger partial charge in [-0.05, 0) is 48.4 Å². The number of para-hydroxylation sites is 3. The Hall–Kier alpha value is -2.27. The van der Waals surface area contributed by atoms with Crippen molar-refractivity contribution in [3.63, 3.8) is 0 Å². The number of hydrogen-bond acceptors (Lipinski definition) is 2. The molecule has 1 heterocycles. The Labute approximate surface area is 146 Å². The van der Waals surface area contributed by atoms with Crippen LogP contribution in [0.3, 0.4) is 0 Å². The molecule has 0 aliphatic carbocycles. The Kier molecular flexibility index (Phi) is 4.90. The van der Waals surface area contributed by atoms with E-state index in [0.29, 0.717) is 5.75 Å². The summed E-state index contributed by atoms with van der Waals surface area (Å²) in [5.41, 5.74) is 5.43. The topological polar surface area (TPSA) is 48.8 Å². The molecule has 0 spiro atoms. The molecule has 0 aliphatic rings. The third-order valence-corrected chi connectivity index (χ3v) is 5.21. The van der Waals surface area contributed by atoms with Crippen LogP contribution in [0.2, 0.25) is 0 Å². The molecule has 2 aromatic carbocycles. The van der Waals surface area contributed by atoms with Gasteiger partial charge in [-0.1, -0.05) is 37.3 Å². The summed E-state index contributed by atoms with van der Waals surface area (Å²) in [6, 6.07) is 14.2. The van der Waals surface area contributed by atoms with E-state index in [1.54, 1.807) is 0 Å². The zero-order valence-electron chi connectivity index (χ0n) is 14.2. The van der Waals surface area contributed by atoms with Gasteiger partial charge in [-0.2, -0.15) is 0 Å². The molecule has 0 aliphatic heterocycles. The standard InChI is InChI=1S/C19H21N3OS/c1-4-14-9-7-8-13(2)18(14)21-17(23)12-24-19-20-15-10-5-6-11-16(15)22(19)3/h5-11H,4,12H2,1-3H3,(H,21,23)/p+1. The van der Waals surface area contributed by atoms with Crippen molar-refractivity contribution < 1.29 is 9.36 Å². The SMILES string of the molecule is CCc1cccc(C)c1NC(=O)CSc1[nH]c2ccccc2[n+]1C. The molecule has 124 valence electrons. The van der Waals surface area contributed by atoms with Crippen molar-refractivity contribution in [1.29, 1.82) is 0 Å². The second kappa shape index (κ2) is 7.09. The maximum absolute atomic E-state index is 12.4.